The molecule has 0 radical (unpaired) electrons. The van der Waals surface area contributed by atoms with Crippen LogP contribution in [0.5, 0.6) is 0 Å². The zero-order chi connectivity index (χ0) is 17.5. The smallest absolute Gasteiger partial charge is 0.242 e. The summed E-state index contributed by atoms with van der Waals surface area (Å²) in [5, 5.41) is 7.88. The van der Waals surface area contributed by atoms with Gasteiger partial charge >= 0.3 is 0 Å². The Bertz CT molecular complexity index is 997. The van der Waals surface area contributed by atoms with Crippen molar-refractivity contribution in [1.29, 1.82) is 0 Å². The number of halogens is 1. The fraction of sp³-hybridized carbons (Fsp3) is 0.200. The molecule has 2 heterocycles. The number of nitrogens with one attached hydrogen (secondary N) is 1. The number of rotatable bonds is 4. The van der Waals surface area contributed by atoms with Crippen molar-refractivity contribution in [3.63, 3.8) is 0 Å². The summed E-state index contributed by atoms with van der Waals surface area (Å²) in [7, 11) is -0.453. The molecule has 0 aliphatic rings. The van der Waals surface area contributed by atoms with Crippen LogP contribution in [0.4, 0.5) is 11.5 Å². The van der Waals surface area contributed by atoms with Crippen molar-refractivity contribution in [1.82, 2.24) is 18.9 Å². The Morgan fingerprint density at radius 2 is 1.83 bits per heavy atom. The SMILES string of the molecule is Cc1cc2nc(Cl)cc(Nc3ccc(S(=O)(=O)N(C)C)cc3)n2n1. The van der Waals surface area contributed by atoms with Gasteiger partial charge in [0.1, 0.15) is 11.0 Å². The lowest BCUT2D eigenvalue weighted by Gasteiger charge is -2.12. The summed E-state index contributed by atoms with van der Waals surface area (Å²) >= 11 is 6.04. The van der Waals surface area contributed by atoms with Crippen molar-refractivity contribution in [2.75, 3.05) is 19.4 Å². The van der Waals surface area contributed by atoms with E-state index in [2.05, 4.69) is 15.4 Å². The second-order valence-corrected chi connectivity index (χ2v) is 8.00. The highest BCUT2D eigenvalue weighted by molar-refractivity contribution is 7.89. The van der Waals surface area contributed by atoms with Crippen LogP contribution in [0.1, 0.15) is 5.69 Å². The molecule has 0 amide bonds. The van der Waals surface area contributed by atoms with Gasteiger partial charge in [-0.15, -0.1) is 0 Å². The van der Waals surface area contributed by atoms with Crippen LogP contribution in [0.15, 0.2) is 41.3 Å². The third-order valence-corrected chi connectivity index (χ3v) is 5.45. The monoisotopic (exact) mass is 365 g/mol. The van der Waals surface area contributed by atoms with Crippen molar-refractivity contribution in [3.05, 3.63) is 47.2 Å². The van der Waals surface area contributed by atoms with Gasteiger partial charge < -0.3 is 5.32 Å². The van der Waals surface area contributed by atoms with Gasteiger partial charge in [0.2, 0.25) is 10.0 Å². The predicted molar refractivity (Wildman–Crippen MR) is 93.3 cm³/mol. The highest BCUT2D eigenvalue weighted by Crippen LogP contribution is 2.23. The number of fused-ring (bicyclic) bond motifs is 1. The first-order valence-corrected chi connectivity index (χ1v) is 8.92. The van der Waals surface area contributed by atoms with Gasteiger partial charge in [-0.05, 0) is 31.2 Å². The molecule has 0 saturated heterocycles. The first-order valence-electron chi connectivity index (χ1n) is 7.10. The average Bonchev–Trinajstić information content (AvgIpc) is 2.88. The highest BCUT2D eigenvalue weighted by atomic mass is 35.5. The maximum Gasteiger partial charge on any atom is 0.242 e. The lowest BCUT2D eigenvalue weighted by atomic mass is 10.3. The third-order valence-electron chi connectivity index (χ3n) is 3.42. The summed E-state index contributed by atoms with van der Waals surface area (Å²) < 4.78 is 27.0. The number of hydrogen-bond acceptors (Lipinski definition) is 5. The first-order chi connectivity index (χ1) is 11.3. The molecular formula is C15H16ClN5O2S. The zero-order valence-electron chi connectivity index (χ0n) is 13.4. The highest BCUT2D eigenvalue weighted by Gasteiger charge is 2.16. The van der Waals surface area contributed by atoms with E-state index in [1.54, 1.807) is 34.8 Å². The van der Waals surface area contributed by atoms with E-state index >= 15 is 0 Å². The van der Waals surface area contributed by atoms with Gasteiger partial charge in [0.15, 0.2) is 5.65 Å². The summed E-state index contributed by atoms with van der Waals surface area (Å²) in [6.07, 6.45) is 0. The second-order valence-electron chi connectivity index (χ2n) is 5.46. The normalized spacial score (nSPS) is 12.0. The molecule has 1 N–H and O–H groups in total. The summed E-state index contributed by atoms with van der Waals surface area (Å²) in [6, 6.07) is 9.95. The van der Waals surface area contributed by atoms with Crippen LogP contribution in [-0.2, 0) is 10.0 Å². The van der Waals surface area contributed by atoms with Crippen LogP contribution in [0.3, 0.4) is 0 Å². The number of aromatic nitrogens is 3. The number of aryl methyl sites for hydroxylation is 1. The fourth-order valence-electron chi connectivity index (χ4n) is 2.22. The third kappa shape index (κ3) is 3.08. The first kappa shape index (κ1) is 16.7. The van der Waals surface area contributed by atoms with E-state index in [0.29, 0.717) is 22.3 Å². The molecule has 3 rings (SSSR count). The minimum absolute atomic E-state index is 0.228. The molecule has 2 aromatic heterocycles. The fourth-order valence-corrected chi connectivity index (χ4v) is 3.31. The number of hydrogen-bond donors (Lipinski definition) is 1. The van der Waals surface area contributed by atoms with Gasteiger partial charge in [-0.1, -0.05) is 11.6 Å². The van der Waals surface area contributed by atoms with Gasteiger partial charge in [0.25, 0.3) is 0 Å². The van der Waals surface area contributed by atoms with Gasteiger partial charge in [-0.25, -0.2) is 17.7 Å². The van der Waals surface area contributed by atoms with E-state index in [0.717, 1.165) is 5.69 Å². The molecule has 9 heteroatoms. The Labute approximate surface area is 144 Å². The molecule has 0 bridgehead atoms. The van der Waals surface area contributed by atoms with E-state index in [4.69, 9.17) is 11.6 Å². The molecule has 126 valence electrons. The van der Waals surface area contributed by atoms with Crippen molar-refractivity contribution in [3.8, 4) is 0 Å². The second kappa shape index (κ2) is 6.04. The standard InChI is InChI=1S/C15H16ClN5O2S/c1-10-8-14-18-13(16)9-15(21(14)19-10)17-11-4-6-12(7-5-11)24(22,23)20(2)3/h4-9,17H,1-3H3. The lowest BCUT2D eigenvalue weighted by molar-refractivity contribution is 0.521. The summed E-state index contributed by atoms with van der Waals surface area (Å²) in [6.45, 7) is 1.87. The predicted octanol–water partition coefficient (Wildman–Crippen LogP) is 2.69. The number of sulfonamides is 1. The maximum absolute atomic E-state index is 12.1. The molecule has 3 aromatic rings. The van der Waals surface area contributed by atoms with Crippen LogP contribution in [0.2, 0.25) is 5.15 Å². The molecule has 24 heavy (non-hydrogen) atoms. The summed E-state index contributed by atoms with van der Waals surface area (Å²) in [5.41, 5.74) is 2.17. The quantitative estimate of drug-likeness (QED) is 0.719. The molecule has 0 fully saturated rings. The lowest BCUT2D eigenvalue weighted by Crippen LogP contribution is -2.22. The number of benzene rings is 1. The molecule has 0 atom stereocenters. The van der Waals surface area contributed by atoms with E-state index in [-0.39, 0.29) is 4.90 Å². The van der Waals surface area contributed by atoms with Crippen LogP contribution >= 0.6 is 11.6 Å². The zero-order valence-corrected chi connectivity index (χ0v) is 14.9. The summed E-state index contributed by atoms with van der Waals surface area (Å²) in [4.78, 5) is 4.43. The Morgan fingerprint density at radius 3 is 2.46 bits per heavy atom. The Hall–Kier alpha value is -2.16. The van der Waals surface area contributed by atoms with E-state index in [1.807, 2.05) is 13.0 Å². The van der Waals surface area contributed by atoms with Gasteiger partial charge in [0, 0.05) is 31.9 Å². The van der Waals surface area contributed by atoms with Crippen molar-refractivity contribution in [2.24, 2.45) is 0 Å². The van der Waals surface area contributed by atoms with Crippen LogP contribution in [0, 0.1) is 6.92 Å². The average molecular weight is 366 g/mol. The van der Waals surface area contributed by atoms with E-state index in [1.165, 1.54) is 18.4 Å². The Kier molecular flexibility index (Phi) is 4.20. The molecule has 0 spiro atoms. The molecule has 0 unspecified atom stereocenters. The van der Waals surface area contributed by atoms with Crippen molar-refractivity contribution < 1.29 is 8.42 Å². The summed E-state index contributed by atoms with van der Waals surface area (Å²) in [5.74, 6) is 0.640. The molecular weight excluding hydrogens is 350 g/mol. The number of anilines is 2. The van der Waals surface area contributed by atoms with Crippen molar-refractivity contribution >= 4 is 38.8 Å². The maximum atomic E-state index is 12.1. The molecule has 7 nitrogen and oxygen atoms in total. The van der Waals surface area contributed by atoms with E-state index in [9.17, 15) is 8.42 Å². The Balaban J connectivity index is 1.95. The van der Waals surface area contributed by atoms with E-state index < -0.39 is 10.0 Å². The molecule has 0 aliphatic heterocycles. The minimum atomic E-state index is -3.45. The molecule has 0 aliphatic carbocycles. The Morgan fingerprint density at radius 1 is 1.17 bits per heavy atom. The van der Waals surface area contributed by atoms with Crippen LogP contribution in [0.25, 0.3) is 5.65 Å². The largest absolute Gasteiger partial charge is 0.340 e. The van der Waals surface area contributed by atoms with Crippen LogP contribution in [-0.4, -0.2) is 41.4 Å². The van der Waals surface area contributed by atoms with Gasteiger partial charge in [-0.3, -0.25) is 0 Å². The van der Waals surface area contributed by atoms with Crippen molar-refractivity contribution in [2.45, 2.75) is 11.8 Å². The topological polar surface area (TPSA) is 79.6 Å². The molecule has 0 saturated carbocycles. The molecule has 1 aromatic carbocycles. The van der Waals surface area contributed by atoms with Gasteiger partial charge in [0.05, 0.1) is 10.6 Å². The van der Waals surface area contributed by atoms with Crippen LogP contribution < -0.4 is 5.32 Å². The number of nitrogens with zero attached hydrogens (tertiary/aromatic N) is 4. The van der Waals surface area contributed by atoms with Gasteiger partial charge in [-0.2, -0.15) is 9.61 Å². The minimum Gasteiger partial charge on any atom is -0.340 e.